The maximum absolute atomic E-state index is 12.1. The second-order valence-electron chi connectivity index (χ2n) is 5.38. The monoisotopic (exact) mass is 374 g/mol. The molecule has 0 saturated carbocycles. The molecule has 3 rings (SSSR count). The lowest BCUT2D eigenvalue weighted by Gasteiger charge is -2.14. The Morgan fingerprint density at radius 2 is 2.15 bits per heavy atom. The number of amides is 1. The van der Waals surface area contributed by atoms with E-state index in [-0.39, 0.29) is 24.8 Å². The first-order valence-corrected chi connectivity index (χ1v) is 8.99. The van der Waals surface area contributed by atoms with Crippen molar-refractivity contribution in [1.29, 1.82) is 0 Å². The van der Waals surface area contributed by atoms with E-state index >= 15 is 0 Å². The Bertz CT molecular complexity index is 828. The van der Waals surface area contributed by atoms with Gasteiger partial charge in [0.05, 0.1) is 42.8 Å². The number of thioether (sulfide) groups is 1. The van der Waals surface area contributed by atoms with E-state index < -0.39 is 5.97 Å². The van der Waals surface area contributed by atoms with Crippen LogP contribution < -0.4 is 4.74 Å². The highest BCUT2D eigenvalue weighted by Crippen LogP contribution is 2.31. The first-order valence-electron chi connectivity index (χ1n) is 8.01. The highest BCUT2D eigenvalue weighted by Gasteiger charge is 2.28. The van der Waals surface area contributed by atoms with Crippen LogP contribution in [0.3, 0.4) is 0 Å². The molecule has 1 aromatic carbocycles. The summed E-state index contributed by atoms with van der Waals surface area (Å²) in [5.41, 5.74) is 1.41. The molecule has 1 aliphatic heterocycles. The van der Waals surface area contributed by atoms with Crippen molar-refractivity contribution in [3.8, 4) is 17.2 Å². The Balaban J connectivity index is 1.74. The number of methoxy groups -OCH3 is 1. The van der Waals surface area contributed by atoms with E-state index in [2.05, 4.69) is 4.98 Å². The van der Waals surface area contributed by atoms with Crippen molar-refractivity contribution in [2.45, 2.75) is 13.5 Å². The molecule has 0 unspecified atom stereocenters. The maximum atomic E-state index is 12.1. The summed E-state index contributed by atoms with van der Waals surface area (Å²) >= 11 is 1.30. The van der Waals surface area contributed by atoms with Crippen molar-refractivity contribution in [3.05, 3.63) is 47.3 Å². The SMILES string of the molecule is CCOC(=O)/C=C1\SCC(=O)N1Cc1coc(-c2ccc(OC)cc2)n1. The Labute approximate surface area is 155 Å². The predicted octanol–water partition coefficient (Wildman–Crippen LogP) is 2.83. The number of hydrogen-bond acceptors (Lipinski definition) is 7. The number of hydrogen-bond donors (Lipinski definition) is 0. The van der Waals surface area contributed by atoms with Gasteiger partial charge in [-0.3, -0.25) is 9.69 Å². The fourth-order valence-electron chi connectivity index (χ4n) is 2.39. The predicted molar refractivity (Wildman–Crippen MR) is 96.2 cm³/mol. The molecule has 1 aromatic heterocycles. The lowest BCUT2D eigenvalue weighted by Crippen LogP contribution is -2.24. The van der Waals surface area contributed by atoms with Crippen molar-refractivity contribution in [2.75, 3.05) is 19.5 Å². The number of nitrogens with zero attached hydrogens (tertiary/aromatic N) is 2. The maximum Gasteiger partial charge on any atom is 0.333 e. The minimum atomic E-state index is -0.464. The van der Waals surface area contributed by atoms with Gasteiger partial charge >= 0.3 is 5.97 Å². The van der Waals surface area contributed by atoms with Crippen molar-refractivity contribution in [2.24, 2.45) is 0 Å². The lowest BCUT2D eigenvalue weighted by molar-refractivity contribution is -0.137. The summed E-state index contributed by atoms with van der Waals surface area (Å²) in [5.74, 6) is 0.939. The van der Waals surface area contributed by atoms with E-state index in [0.29, 0.717) is 16.6 Å². The van der Waals surface area contributed by atoms with Crippen LogP contribution in [0.15, 0.2) is 46.1 Å². The molecule has 0 aliphatic carbocycles. The minimum Gasteiger partial charge on any atom is -0.497 e. The summed E-state index contributed by atoms with van der Waals surface area (Å²) in [6.45, 7) is 2.25. The van der Waals surface area contributed by atoms with Crippen molar-refractivity contribution < 1.29 is 23.5 Å². The van der Waals surface area contributed by atoms with Gasteiger partial charge in [0.2, 0.25) is 11.8 Å². The number of esters is 1. The fraction of sp³-hybridized carbons (Fsp3) is 0.278. The zero-order chi connectivity index (χ0) is 18.5. The van der Waals surface area contributed by atoms with Crippen molar-refractivity contribution in [1.82, 2.24) is 9.88 Å². The van der Waals surface area contributed by atoms with Gasteiger partial charge in [0.15, 0.2) is 0 Å². The van der Waals surface area contributed by atoms with Crippen LogP contribution in [0.1, 0.15) is 12.6 Å². The van der Waals surface area contributed by atoms with Crippen LogP contribution >= 0.6 is 11.8 Å². The second-order valence-corrected chi connectivity index (χ2v) is 6.37. The first-order chi connectivity index (χ1) is 12.6. The van der Waals surface area contributed by atoms with Gasteiger partial charge in [-0.2, -0.15) is 0 Å². The third kappa shape index (κ3) is 4.08. The molecule has 0 atom stereocenters. The Morgan fingerprint density at radius 1 is 1.38 bits per heavy atom. The molecule has 1 aliphatic rings. The number of carbonyl (C=O) groups excluding carboxylic acids is 2. The van der Waals surface area contributed by atoms with Crippen LogP contribution in [0.2, 0.25) is 0 Å². The van der Waals surface area contributed by atoms with Crippen LogP contribution in [0.4, 0.5) is 0 Å². The van der Waals surface area contributed by atoms with Crippen LogP contribution in [0, 0.1) is 0 Å². The van der Waals surface area contributed by atoms with E-state index in [4.69, 9.17) is 13.9 Å². The second kappa shape index (κ2) is 8.09. The molecular weight excluding hydrogens is 356 g/mol. The number of benzene rings is 1. The first kappa shape index (κ1) is 18.1. The van der Waals surface area contributed by atoms with Crippen LogP contribution in [0.5, 0.6) is 5.75 Å². The number of rotatable bonds is 6. The van der Waals surface area contributed by atoms with Gasteiger partial charge in [0.25, 0.3) is 0 Å². The topological polar surface area (TPSA) is 81.9 Å². The largest absolute Gasteiger partial charge is 0.497 e. The zero-order valence-electron chi connectivity index (χ0n) is 14.4. The molecule has 1 fully saturated rings. The van der Waals surface area contributed by atoms with E-state index in [0.717, 1.165) is 11.3 Å². The summed E-state index contributed by atoms with van der Waals surface area (Å²) in [6, 6.07) is 7.33. The smallest absolute Gasteiger partial charge is 0.333 e. The number of carbonyl (C=O) groups is 2. The van der Waals surface area contributed by atoms with Gasteiger partial charge < -0.3 is 13.9 Å². The minimum absolute atomic E-state index is 0.0838. The van der Waals surface area contributed by atoms with E-state index in [1.54, 1.807) is 14.0 Å². The zero-order valence-corrected chi connectivity index (χ0v) is 15.2. The third-order valence-electron chi connectivity index (χ3n) is 3.65. The standard InChI is InChI=1S/C18H18N2O5S/c1-3-24-17(22)8-16-20(15(21)11-26-16)9-13-10-25-18(19-13)12-4-6-14(23-2)7-5-12/h4-8,10H,3,9,11H2,1-2H3/b16-8-. The molecule has 0 spiro atoms. The number of ether oxygens (including phenoxy) is 2. The summed E-state index contributed by atoms with van der Waals surface area (Å²) in [6.07, 6.45) is 2.85. The number of aromatic nitrogens is 1. The van der Waals surface area contributed by atoms with Gasteiger partial charge in [-0.1, -0.05) is 11.8 Å². The molecule has 8 heteroatoms. The van der Waals surface area contributed by atoms with Crippen LogP contribution in [-0.2, 0) is 20.9 Å². The average molecular weight is 374 g/mol. The van der Waals surface area contributed by atoms with E-state index in [1.165, 1.54) is 29.0 Å². The van der Waals surface area contributed by atoms with Crippen LogP contribution in [-0.4, -0.2) is 41.2 Å². The van der Waals surface area contributed by atoms with Gasteiger partial charge in [-0.05, 0) is 31.2 Å². The van der Waals surface area contributed by atoms with Gasteiger partial charge in [-0.15, -0.1) is 0 Å². The molecular formula is C18H18N2O5S. The molecule has 26 heavy (non-hydrogen) atoms. The molecule has 0 N–H and O–H groups in total. The highest BCUT2D eigenvalue weighted by atomic mass is 32.2. The molecule has 1 amide bonds. The lowest BCUT2D eigenvalue weighted by atomic mass is 10.2. The van der Waals surface area contributed by atoms with E-state index in [9.17, 15) is 9.59 Å². The number of oxazole rings is 1. The van der Waals surface area contributed by atoms with Crippen LogP contribution in [0.25, 0.3) is 11.5 Å². The Morgan fingerprint density at radius 3 is 2.85 bits per heavy atom. The quantitative estimate of drug-likeness (QED) is 0.568. The van der Waals surface area contributed by atoms with Gasteiger partial charge in [-0.25, -0.2) is 9.78 Å². The summed E-state index contributed by atoms with van der Waals surface area (Å²) in [5, 5.41) is 0.558. The van der Waals surface area contributed by atoms with E-state index in [1.807, 2.05) is 24.3 Å². The van der Waals surface area contributed by atoms with Crippen molar-refractivity contribution in [3.63, 3.8) is 0 Å². The molecule has 0 radical (unpaired) electrons. The normalized spacial score (nSPS) is 15.5. The van der Waals surface area contributed by atoms with Gasteiger partial charge in [0, 0.05) is 5.56 Å². The summed E-state index contributed by atoms with van der Waals surface area (Å²) < 4.78 is 15.6. The molecule has 2 aromatic rings. The van der Waals surface area contributed by atoms with Gasteiger partial charge in [0.1, 0.15) is 12.0 Å². The Kier molecular flexibility index (Phi) is 5.62. The van der Waals surface area contributed by atoms with Crippen molar-refractivity contribution >= 4 is 23.6 Å². The summed E-state index contributed by atoms with van der Waals surface area (Å²) in [7, 11) is 1.60. The Hall–Kier alpha value is -2.74. The average Bonchev–Trinajstić information content (AvgIpc) is 3.24. The molecule has 7 nitrogen and oxygen atoms in total. The third-order valence-corrected chi connectivity index (χ3v) is 4.67. The molecule has 136 valence electrons. The molecule has 0 bridgehead atoms. The molecule has 2 heterocycles. The summed E-state index contributed by atoms with van der Waals surface area (Å²) in [4.78, 5) is 29.7. The highest BCUT2D eigenvalue weighted by molar-refractivity contribution is 8.04. The fourth-order valence-corrected chi connectivity index (χ4v) is 3.32. The molecule has 1 saturated heterocycles.